The van der Waals surface area contributed by atoms with E-state index >= 15 is 0 Å². The third-order valence-corrected chi connectivity index (χ3v) is 4.00. The molecule has 2 heteroatoms. The van der Waals surface area contributed by atoms with Gasteiger partial charge in [0.1, 0.15) is 5.75 Å². The first-order valence-corrected chi connectivity index (χ1v) is 6.43. The summed E-state index contributed by atoms with van der Waals surface area (Å²) < 4.78 is 5.59. The lowest BCUT2D eigenvalue weighted by atomic mass is 10.0. The molecule has 0 bridgehead atoms. The van der Waals surface area contributed by atoms with Crippen LogP contribution in [0, 0.1) is 6.92 Å². The van der Waals surface area contributed by atoms with Crippen molar-refractivity contribution in [1.82, 2.24) is 0 Å². The van der Waals surface area contributed by atoms with Crippen molar-refractivity contribution in [2.45, 2.75) is 19.8 Å². The van der Waals surface area contributed by atoms with Gasteiger partial charge in [-0.1, -0.05) is 12.1 Å². The largest absolute Gasteiger partial charge is 0.493 e. The molecular weight excluding hydrogens is 216 g/mol. The van der Waals surface area contributed by atoms with Gasteiger partial charge in [-0.3, -0.25) is 0 Å². The summed E-state index contributed by atoms with van der Waals surface area (Å²) in [7, 11) is 0. The van der Waals surface area contributed by atoms with Crippen LogP contribution in [0.15, 0.2) is 30.3 Å². The van der Waals surface area contributed by atoms with Crippen molar-refractivity contribution in [1.29, 1.82) is 0 Å². The highest BCUT2D eigenvalue weighted by Crippen LogP contribution is 2.30. The van der Waals surface area contributed by atoms with Gasteiger partial charge in [-0.2, -0.15) is 0 Å². The van der Waals surface area contributed by atoms with Gasteiger partial charge in [0.15, 0.2) is 0 Å². The molecule has 0 unspecified atom stereocenters. The van der Waals surface area contributed by atoms with E-state index in [4.69, 9.17) is 4.74 Å². The Balaban J connectivity index is 1.93. The van der Waals surface area contributed by atoms with Gasteiger partial charge in [0.2, 0.25) is 0 Å². The van der Waals surface area contributed by atoms with Crippen LogP contribution in [0.4, 0.5) is 0 Å². The molecule has 0 amide bonds. The highest BCUT2D eigenvalue weighted by molar-refractivity contribution is 7.11. The highest BCUT2D eigenvalue weighted by atomic mass is 32.1. The predicted octanol–water partition coefficient (Wildman–Crippen LogP) is 3.58. The molecule has 3 rings (SSSR count). The molecule has 0 aliphatic carbocycles. The number of hydrogen-bond acceptors (Lipinski definition) is 2. The molecule has 1 aliphatic heterocycles. The van der Waals surface area contributed by atoms with Gasteiger partial charge in [0, 0.05) is 28.2 Å². The van der Waals surface area contributed by atoms with E-state index in [0.29, 0.717) is 0 Å². The summed E-state index contributed by atoms with van der Waals surface area (Å²) in [5, 5.41) is 0. The number of rotatable bonds is 2. The minimum Gasteiger partial charge on any atom is -0.493 e. The summed E-state index contributed by atoms with van der Waals surface area (Å²) in [6.45, 7) is 3.00. The Morgan fingerprint density at radius 2 is 2.19 bits per heavy atom. The van der Waals surface area contributed by atoms with E-state index in [1.54, 1.807) is 0 Å². The second-order valence-electron chi connectivity index (χ2n) is 4.18. The van der Waals surface area contributed by atoms with Gasteiger partial charge >= 0.3 is 0 Å². The van der Waals surface area contributed by atoms with Gasteiger partial charge in [0.25, 0.3) is 0 Å². The zero-order chi connectivity index (χ0) is 11.0. The monoisotopic (exact) mass is 230 g/mol. The molecule has 1 aromatic carbocycles. The van der Waals surface area contributed by atoms with Crippen LogP contribution >= 0.6 is 11.3 Å². The van der Waals surface area contributed by atoms with E-state index in [2.05, 4.69) is 37.3 Å². The summed E-state index contributed by atoms with van der Waals surface area (Å²) in [4.78, 5) is 2.83. The van der Waals surface area contributed by atoms with E-state index in [9.17, 15) is 0 Å². The van der Waals surface area contributed by atoms with Gasteiger partial charge in [-0.05, 0) is 30.7 Å². The number of hydrogen-bond donors (Lipinski definition) is 0. The Bertz CT molecular complexity index is 513. The van der Waals surface area contributed by atoms with Crippen molar-refractivity contribution in [2.24, 2.45) is 0 Å². The van der Waals surface area contributed by atoms with Crippen molar-refractivity contribution < 1.29 is 4.74 Å². The molecule has 0 fully saturated rings. The molecule has 0 atom stereocenters. The number of thiophene rings is 1. The number of ether oxygens (including phenoxy) is 1. The molecule has 0 saturated heterocycles. The Labute approximate surface area is 99.7 Å². The van der Waals surface area contributed by atoms with E-state index in [1.807, 2.05) is 11.3 Å². The molecule has 0 radical (unpaired) electrons. The smallest absolute Gasteiger partial charge is 0.122 e. The van der Waals surface area contributed by atoms with Crippen molar-refractivity contribution in [3.8, 4) is 5.75 Å². The van der Waals surface area contributed by atoms with Crippen LogP contribution in [0.25, 0.3) is 0 Å². The summed E-state index contributed by atoms with van der Waals surface area (Å²) in [6.07, 6.45) is 2.11. The average molecular weight is 230 g/mol. The Kier molecular flexibility index (Phi) is 2.44. The van der Waals surface area contributed by atoms with Crippen LogP contribution in [0.1, 0.15) is 20.9 Å². The average Bonchev–Trinajstić information content (AvgIpc) is 2.87. The number of benzene rings is 1. The lowest BCUT2D eigenvalue weighted by Crippen LogP contribution is -1.91. The molecule has 2 heterocycles. The quantitative estimate of drug-likeness (QED) is 0.766. The van der Waals surface area contributed by atoms with Gasteiger partial charge in [-0.15, -0.1) is 11.3 Å². The summed E-state index contributed by atoms with van der Waals surface area (Å²) >= 11 is 1.89. The van der Waals surface area contributed by atoms with Gasteiger partial charge in [-0.25, -0.2) is 0 Å². The van der Waals surface area contributed by atoms with Crippen LogP contribution in [0.3, 0.4) is 0 Å². The van der Waals surface area contributed by atoms with E-state index in [1.165, 1.54) is 20.9 Å². The maximum Gasteiger partial charge on any atom is 0.122 e. The number of fused-ring (bicyclic) bond motifs is 1. The molecular formula is C14H14OS. The van der Waals surface area contributed by atoms with Crippen LogP contribution in [0.2, 0.25) is 0 Å². The fourth-order valence-electron chi connectivity index (χ4n) is 2.23. The van der Waals surface area contributed by atoms with E-state index in [0.717, 1.165) is 25.2 Å². The third kappa shape index (κ3) is 1.74. The lowest BCUT2D eigenvalue weighted by molar-refractivity contribution is 0.357. The molecule has 16 heavy (non-hydrogen) atoms. The molecule has 0 spiro atoms. The topological polar surface area (TPSA) is 9.23 Å². The predicted molar refractivity (Wildman–Crippen MR) is 67.5 cm³/mol. The SMILES string of the molecule is Cc1ccc(Cc2cccc3c2CCO3)s1. The first-order valence-electron chi connectivity index (χ1n) is 5.62. The van der Waals surface area contributed by atoms with Crippen LogP contribution < -0.4 is 4.74 Å². The fourth-order valence-corrected chi connectivity index (χ4v) is 3.14. The second-order valence-corrected chi connectivity index (χ2v) is 5.55. The molecule has 1 aliphatic rings. The Morgan fingerprint density at radius 1 is 1.25 bits per heavy atom. The van der Waals surface area contributed by atoms with Crippen molar-refractivity contribution >= 4 is 11.3 Å². The van der Waals surface area contributed by atoms with E-state index < -0.39 is 0 Å². The molecule has 1 aromatic heterocycles. The zero-order valence-corrected chi connectivity index (χ0v) is 10.1. The van der Waals surface area contributed by atoms with Gasteiger partial charge < -0.3 is 4.74 Å². The Morgan fingerprint density at radius 3 is 3.00 bits per heavy atom. The first kappa shape index (κ1) is 9.91. The molecule has 82 valence electrons. The molecule has 1 nitrogen and oxygen atoms in total. The maximum absolute atomic E-state index is 5.59. The fraction of sp³-hybridized carbons (Fsp3) is 0.286. The van der Waals surface area contributed by atoms with Crippen molar-refractivity contribution in [2.75, 3.05) is 6.61 Å². The lowest BCUT2D eigenvalue weighted by Gasteiger charge is -2.05. The first-order chi connectivity index (χ1) is 7.83. The van der Waals surface area contributed by atoms with Crippen molar-refractivity contribution in [3.63, 3.8) is 0 Å². The maximum atomic E-state index is 5.59. The minimum absolute atomic E-state index is 0.843. The zero-order valence-electron chi connectivity index (χ0n) is 9.32. The molecule has 0 saturated carbocycles. The minimum atomic E-state index is 0.843. The molecule has 0 N–H and O–H groups in total. The van der Waals surface area contributed by atoms with Crippen LogP contribution in [-0.4, -0.2) is 6.61 Å². The second kappa shape index (κ2) is 3.95. The molecule has 2 aromatic rings. The highest BCUT2D eigenvalue weighted by Gasteiger charge is 2.15. The van der Waals surface area contributed by atoms with E-state index in [-0.39, 0.29) is 0 Å². The number of aryl methyl sites for hydroxylation is 1. The van der Waals surface area contributed by atoms with Crippen LogP contribution in [-0.2, 0) is 12.8 Å². The summed E-state index contributed by atoms with van der Waals surface area (Å²) in [6, 6.07) is 10.8. The van der Waals surface area contributed by atoms with Gasteiger partial charge in [0.05, 0.1) is 6.61 Å². The van der Waals surface area contributed by atoms with Crippen LogP contribution in [0.5, 0.6) is 5.75 Å². The van der Waals surface area contributed by atoms with Crippen molar-refractivity contribution in [3.05, 3.63) is 51.2 Å². The normalized spacial score (nSPS) is 13.6. The summed E-state index contributed by atoms with van der Waals surface area (Å²) in [5.74, 6) is 1.09. The third-order valence-electron chi connectivity index (χ3n) is 3.00. The standard InChI is InChI=1S/C14H14OS/c1-10-5-6-12(16-10)9-11-3-2-4-14-13(11)7-8-15-14/h2-6H,7-9H2,1H3. The summed E-state index contributed by atoms with van der Waals surface area (Å²) in [5.41, 5.74) is 2.84. The Hall–Kier alpha value is -1.28.